The zero-order valence-corrected chi connectivity index (χ0v) is 56.1. The van der Waals surface area contributed by atoms with Gasteiger partial charge in [-0.3, -0.25) is 0 Å². The van der Waals surface area contributed by atoms with Crippen molar-refractivity contribution in [3.63, 3.8) is 0 Å². The summed E-state index contributed by atoms with van der Waals surface area (Å²) in [6.07, 6.45) is 4.67. The minimum absolute atomic E-state index is 0.00558. The zero-order chi connectivity index (χ0) is 62.2. The number of rotatable bonds is 5. The second-order valence-electron chi connectivity index (χ2n) is 32.6. The van der Waals surface area contributed by atoms with E-state index >= 15 is 0 Å². The molecule has 2 atom stereocenters. The highest BCUT2D eigenvalue weighted by atomic mass is 15.3. The molecule has 5 aliphatic rings. The summed E-state index contributed by atoms with van der Waals surface area (Å²) in [6.45, 7) is 43.5. The van der Waals surface area contributed by atoms with Gasteiger partial charge in [0.1, 0.15) is 0 Å². The van der Waals surface area contributed by atoms with Gasteiger partial charge in [-0.2, -0.15) is 0 Å². The van der Waals surface area contributed by atoms with Gasteiger partial charge in [-0.15, -0.1) is 0 Å². The van der Waals surface area contributed by atoms with E-state index in [0.29, 0.717) is 0 Å². The molecule has 4 heteroatoms. The van der Waals surface area contributed by atoms with Crippen molar-refractivity contribution < 1.29 is 0 Å². The quantitative estimate of drug-likeness (QED) is 0.159. The average Bonchev–Trinajstić information content (AvgIpc) is 1.03. The summed E-state index contributed by atoms with van der Waals surface area (Å²) in [4.78, 5) is 8.37. The molecule has 0 N–H and O–H groups in total. The van der Waals surface area contributed by atoms with E-state index < -0.39 is 0 Å². The van der Waals surface area contributed by atoms with Crippen LogP contribution in [0.25, 0.3) is 22.3 Å². The lowest BCUT2D eigenvalue weighted by Crippen LogP contribution is -2.62. The molecule has 0 spiro atoms. The lowest BCUT2D eigenvalue weighted by atomic mass is 9.33. The molecule has 0 radical (unpaired) electrons. The van der Waals surface area contributed by atoms with Gasteiger partial charge in [-0.1, -0.05) is 258 Å². The number of anilines is 8. The van der Waals surface area contributed by atoms with Crippen LogP contribution in [0.5, 0.6) is 0 Å². The van der Waals surface area contributed by atoms with Crippen LogP contribution in [-0.2, 0) is 37.9 Å². The van der Waals surface area contributed by atoms with Crippen molar-refractivity contribution in [1.29, 1.82) is 0 Å². The Morgan fingerprint density at radius 2 is 0.761 bits per heavy atom. The van der Waals surface area contributed by atoms with Gasteiger partial charge in [0.05, 0.1) is 16.9 Å². The maximum Gasteiger partial charge on any atom is 0.252 e. The first-order chi connectivity index (χ1) is 41.4. The van der Waals surface area contributed by atoms with E-state index in [0.717, 1.165) is 12.8 Å². The predicted octanol–water partition coefficient (Wildman–Crippen LogP) is 21.0. The van der Waals surface area contributed by atoms with E-state index in [1.165, 1.54) is 147 Å². The van der Waals surface area contributed by atoms with E-state index in [2.05, 4.69) is 321 Å². The zero-order valence-electron chi connectivity index (χ0n) is 56.1. The Labute approximate surface area is 528 Å². The second-order valence-corrected chi connectivity index (χ2v) is 32.6. The van der Waals surface area contributed by atoms with Crippen molar-refractivity contribution in [3.05, 3.63) is 232 Å². The summed E-state index contributed by atoms with van der Waals surface area (Å²) in [5.74, 6) is 0. The molecule has 0 amide bonds. The molecule has 3 nitrogen and oxygen atoms in total. The standard InChI is InChI=1S/C84H92BN3/c1-77(2,3)55-36-40-69(60(45-55)53-29-21-19-22-30-53)86-72-48-58(80(10,11)12)35-39-67(72)85-68-51-64-65(82(15,16)63-34-26-25-33-62(63)81(64,13)14)52-73(68)87(70-41-37-56(78(4,5)6)46-61(70)54-31-23-20-24-32-54)75-50-59(49-74(86)76(75)85)88-71-42-38-57(79(7,8)9)47-66(71)83(17)43-27-28-44-84(83,88)18/h19-26,29-42,45-52H,27-28,43-44H2,1-18H3. The minimum atomic E-state index is -0.283. The molecular weight excluding hydrogens is 1060 g/mol. The van der Waals surface area contributed by atoms with Gasteiger partial charge in [0.25, 0.3) is 6.71 Å². The molecule has 0 bridgehead atoms. The maximum absolute atomic E-state index is 2.86. The molecule has 446 valence electrons. The number of benzene rings is 9. The Morgan fingerprint density at radius 3 is 1.26 bits per heavy atom. The molecule has 0 saturated heterocycles. The van der Waals surface area contributed by atoms with Crippen molar-refractivity contribution in [2.24, 2.45) is 0 Å². The summed E-state index contributed by atoms with van der Waals surface area (Å²) >= 11 is 0. The van der Waals surface area contributed by atoms with Crippen LogP contribution in [-0.4, -0.2) is 12.3 Å². The number of hydrogen-bond acceptors (Lipinski definition) is 3. The Balaban J connectivity index is 1.18. The molecule has 2 aliphatic carbocycles. The topological polar surface area (TPSA) is 9.72 Å². The van der Waals surface area contributed by atoms with Crippen molar-refractivity contribution in [3.8, 4) is 22.3 Å². The molecule has 9 aromatic rings. The molecule has 3 aliphatic heterocycles. The lowest BCUT2D eigenvalue weighted by molar-refractivity contribution is 0.195. The molecule has 14 rings (SSSR count). The second kappa shape index (κ2) is 19.5. The predicted molar refractivity (Wildman–Crippen MR) is 380 cm³/mol. The molecule has 88 heavy (non-hydrogen) atoms. The number of hydrogen-bond donors (Lipinski definition) is 0. The fourth-order valence-electron chi connectivity index (χ4n) is 16.7. The molecule has 0 aromatic heterocycles. The van der Waals surface area contributed by atoms with Gasteiger partial charge in [-0.25, -0.2) is 0 Å². The fraction of sp³-hybridized carbons (Fsp3) is 0.357. The van der Waals surface area contributed by atoms with Crippen LogP contribution in [0.2, 0.25) is 0 Å². The van der Waals surface area contributed by atoms with E-state index in [4.69, 9.17) is 0 Å². The highest BCUT2D eigenvalue weighted by molar-refractivity contribution is 7.00. The van der Waals surface area contributed by atoms with E-state index in [1.54, 1.807) is 0 Å². The van der Waals surface area contributed by atoms with Crippen molar-refractivity contribution in [2.75, 3.05) is 14.7 Å². The third kappa shape index (κ3) is 8.63. The summed E-state index contributed by atoms with van der Waals surface area (Å²) in [5.41, 5.74) is 30.3. The summed E-state index contributed by atoms with van der Waals surface area (Å²) < 4.78 is 0. The van der Waals surface area contributed by atoms with Gasteiger partial charge >= 0.3 is 0 Å². The third-order valence-corrected chi connectivity index (χ3v) is 22.3. The van der Waals surface area contributed by atoms with Crippen molar-refractivity contribution >= 4 is 68.6 Å². The smallest absolute Gasteiger partial charge is 0.252 e. The van der Waals surface area contributed by atoms with Gasteiger partial charge in [0.15, 0.2) is 0 Å². The summed E-state index contributed by atoms with van der Waals surface area (Å²) in [7, 11) is 0. The van der Waals surface area contributed by atoms with E-state index in [-0.39, 0.29) is 50.2 Å². The number of fused-ring (bicyclic) bond motifs is 9. The minimum Gasteiger partial charge on any atom is -0.334 e. The van der Waals surface area contributed by atoms with E-state index in [1.807, 2.05) is 0 Å². The van der Waals surface area contributed by atoms with Gasteiger partial charge < -0.3 is 14.7 Å². The lowest BCUT2D eigenvalue weighted by Gasteiger charge is -2.51. The van der Waals surface area contributed by atoms with Crippen LogP contribution in [0.1, 0.15) is 200 Å². The average molecular weight is 1150 g/mol. The van der Waals surface area contributed by atoms with Crippen LogP contribution in [0, 0.1) is 0 Å². The van der Waals surface area contributed by atoms with Crippen LogP contribution in [0.4, 0.5) is 45.5 Å². The Kier molecular flexibility index (Phi) is 12.9. The fourth-order valence-corrected chi connectivity index (χ4v) is 16.7. The van der Waals surface area contributed by atoms with Gasteiger partial charge in [0, 0.05) is 61.5 Å². The molecule has 3 heterocycles. The monoisotopic (exact) mass is 1150 g/mol. The maximum atomic E-state index is 2.86. The Morgan fingerprint density at radius 1 is 0.341 bits per heavy atom. The van der Waals surface area contributed by atoms with Crippen LogP contribution in [0.15, 0.2) is 182 Å². The first-order valence-corrected chi connectivity index (χ1v) is 33.0. The largest absolute Gasteiger partial charge is 0.334 e. The molecular formula is C84H92BN3. The van der Waals surface area contributed by atoms with Crippen LogP contribution in [0.3, 0.4) is 0 Å². The van der Waals surface area contributed by atoms with E-state index in [9.17, 15) is 0 Å². The summed E-state index contributed by atoms with van der Waals surface area (Å²) in [5, 5.41) is 0. The van der Waals surface area contributed by atoms with Gasteiger partial charge in [0.2, 0.25) is 0 Å². The van der Waals surface area contributed by atoms with Crippen molar-refractivity contribution in [2.45, 2.75) is 194 Å². The molecule has 9 aromatic carbocycles. The molecule has 1 saturated carbocycles. The highest BCUT2D eigenvalue weighted by Gasteiger charge is 2.59. The normalized spacial score (nSPS) is 19.7. The highest BCUT2D eigenvalue weighted by Crippen LogP contribution is 2.63. The SMILES string of the molecule is CC(C)(C)c1ccc(N2c3cc(C(C)(C)C)ccc3B3c4cc5c(cc4N(c4ccc(C(C)(C)C)cc4-c4ccccc4)c4cc(N6c7ccc(C(C)(C)C)cc7C7(C)CCCCC67C)cc2c43)C(C)(C)c2ccccc2C5(C)C)c(-c2ccccc2)c1. The van der Waals surface area contributed by atoms with Crippen molar-refractivity contribution in [1.82, 2.24) is 0 Å². The first kappa shape index (κ1) is 58.1. The molecule has 2 unspecified atom stereocenters. The van der Waals surface area contributed by atoms with Crippen LogP contribution >= 0.6 is 0 Å². The molecule has 1 fully saturated rings. The Hall–Kier alpha value is -7.56. The number of nitrogens with zero attached hydrogens (tertiary/aromatic N) is 3. The third-order valence-electron chi connectivity index (χ3n) is 22.3. The summed E-state index contributed by atoms with van der Waals surface area (Å²) in [6, 6.07) is 72.5. The van der Waals surface area contributed by atoms with Gasteiger partial charge in [-0.05, 0) is 174 Å². The first-order valence-electron chi connectivity index (χ1n) is 33.0. The Bertz CT molecular complexity index is 4310. The van der Waals surface area contributed by atoms with Crippen LogP contribution < -0.4 is 31.1 Å².